The van der Waals surface area contributed by atoms with Crippen molar-refractivity contribution >= 4 is 0 Å². The van der Waals surface area contributed by atoms with Crippen LogP contribution < -0.4 is 0 Å². The van der Waals surface area contributed by atoms with Crippen molar-refractivity contribution in [1.29, 1.82) is 0 Å². The van der Waals surface area contributed by atoms with Crippen molar-refractivity contribution in [3.63, 3.8) is 0 Å². The van der Waals surface area contributed by atoms with Crippen molar-refractivity contribution in [3.05, 3.63) is 35.6 Å². The van der Waals surface area contributed by atoms with E-state index < -0.39 is 5.60 Å². The van der Waals surface area contributed by atoms with E-state index in [1.54, 1.807) is 7.11 Å². The largest absolute Gasteiger partial charge is 0.501 e. The van der Waals surface area contributed by atoms with Crippen molar-refractivity contribution < 1.29 is 9.84 Å². The fourth-order valence-electron chi connectivity index (χ4n) is 6.29. The van der Waals surface area contributed by atoms with Crippen LogP contribution in [0.3, 0.4) is 0 Å². The molecule has 0 bridgehead atoms. The Hall–Kier alpha value is -1.46. The molecule has 0 heterocycles. The molecule has 0 unspecified atom stereocenters. The predicted octanol–water partition coefficient (Wildman–Crippen LogP) is 4.23. The molecule has 1 saturated carbocycles. The highest BCUT2D eigenvalue weighted by atomic mass is 16.5. The van der Waals surface area contributed by atoms with Gasteiger partial charge in [-0.15, -0.1) is 6.42 Å². The maximum absolute atomic E-state index is 11.1. The highest BCUT2D eigenvalue weighted by Gasteiger charge is 2.60. The second-order valence-corrected chi connectivity index (χ2v) is 8.07. The Bertz CT molecular complexity index is 664. The van der Waals surface area contributed by atoms with Crippen LogP contribution in [0.15, 0.2) is 35.6 Å². The Labute approximate surface area is 145 Å². The molecule has 0 amide bonds. The molecule has 4 aliphatic rings. The maximum Gasteiger partial charge on any atom is 0.149 e. The van der Waals surface area contributed by atoms with E-state index in [0.29, 0.717) is 23.7 Å². The summed E-state index contributed by atoms with van der Waals surface area (Å²) in [6.45, 7) is 2.20. The Morgan fingerprint density at radius 2 is 2.21 bits per heavy atom. The molecule has 0 aromatic heterocycles. The number of allylic oxidation sites excluding steroid dienone is 5. The van der Waals surface area contributed by atoms with Gasteiger partial charge < -0.3 is 9.84 Å². The smallest absolute Gasteiger partial charge is 0.149 e. The number of rotatable bonds is 2. The summed E-state index contributed by atoms with van der Waals surface area (Å²) in [5, 5.41) is 11.1. The minimum absolute atomic E-state index is 0.156. The van der Waals surface area contributed by atoms with Gasteiger partial charge in [-0.25, -0.2) is 0 Å². The van der Waals surface area contributed by atoms with Crippen molar-refractivity contribution in [2.24, 2.45) is 29.1 Å². The summed E-state index contributed by atoms with van der Waals surface area (Å²) >= 11 is 0. The van der Waals surface area contributed by atoms with Crippen LogP contribution in [-0.4, -0.2) is 17.8 Å². The van der Waals surface area contributed by atoms with Crippen molar-refractivity contribution in [2.75, 3.05) is 7.11 Å². The molecule has 1 fully saturated rings. The first-order chi connectivity index (χ1) is 11.6. The minimum atomic E-state index is -1.06. The summed E-state index contributed by atoms with van der Waals surface area (Å²) in [7, 11) is 1.78. The highest BCUT2D eigenvalue weighted by molar-refractivity contribution is 5.38. The topological polar surface area (TPSA) is 29.5 Å². The lowest BCUT2D eigenvalue weighted by Gasteiger charge is -2.55. The zero-order valence-corrected chi connectivity index (χ0v) is 14.8. The molecular weight excluding hydrogens is 296 g/mol. The van der Waals surface area contributed by atoms with Gasteiger partial charge in [0.25, 0.3) is 0 Å². The molecule has 0 saturated heterocycles. The molecule has 0 spiro atoms. The van der Waals surface area contributed by atoms with Gasteiger partial charge in [0.15, 0.2) is 0 Å². The lowest BCUT2D eigenvalue weighted by molar-refractivity contribution is -0.0822. The predicted molar refractivity (Wildman–Crippen MR) is 95.9 cm³/mol. The van der Waals surface area contributed by atoms with E-state index >= 15 is 0 Å². The van der Waals surface area contributed by atoms with Crippen LogP contribution in [-0.2, 0) is 4.74 Å². The first kappa shape index (κ1) is 16.0. The van der Waals surface area contributed by atoms with Gasteiger partial charge in [-0.3, -0.25) is 0 Å². The van der Waals surface area contributed by atoms with Crippen LogP contribution in [0.4, 0.5) is 0 Å². The molecule has 2 heteroatoms. The Kier molecular flexibility index (Phi) is 3.69. The molecule has 128 valence electrons. The van der Waals surface area contributed by atoms with E-state index in [1.165, 1.54) is 18.4 Å². The molecule has 0 radical (unpaired) electrons. The number of hydrogen-bond donors (Lipinski definition) is 1. The van der Waals surface area contributed by atoms with Crippen molar-refractivity contribution in [2.45, 2.75) is 51.0 Å². The summed E-state index contributed by atoms with van der Waals surface area (Å²) in [4.78, 5) is 0. The van der Waals surface area contributed by atoms with E-state index in [1.807, 2.05) is 6.08 Å². The molecular formula is C22H28O2. The summed E-state index contributed by atoms with van der Waals surface area (Å²) in [5.41, 5.74) is 0.269. The fourth-order valence-corrected chi connectivity index (χ4v) is 6.29. The van der Waals surface area contributed by atoms with E-state index in [2.05, 4.69) is 31.1 Å². The number of fused-ring (bicyclic) bond motifs is 5. The monoisotopic (exact) mass is 324 g/mol. The van der Waals surface area contributed by atoms with E-state index in [9.17, 15) is 5.11 Å². The number of terminal acetylenes is 1. The van der Waals surface area contributed by atoms with Crippen molar-refractivity contribution in [3.8, 4) is 12.3 Å². The lowest BCUT2D eigenvalue weighted by atomic mass is 9.50. The summed E-state index contributed by atoms with van der Waals surface area (Å²) < 4.78 is 5.47. The molecule has 24 heavy (non-hydrogen) atoms. The number of ether oxygens (including phenoxy) is 1. The van der Waals surface area contributed by atoms with Gasteiger partial charge in [0.2, 0.25) is 0 Å². The standard InChI is InChI=1S/C22H28O2/c1-4-21-12-10-18-17-9-7-16(24-3)14-15(17)6-8-19(18)20(21)11-13-22(21,23)5-2/h2,6,11,13-14,17-20,23H,4,7-10,12H2,1,3H3/t17-,18+,19+,20-,21-,22-/m0/s1. The van der Waals surface area contributed by atoms with Crippen LogP contribution in [0, 0.1) is 41.4 Å². The first-order valence-electron chi connectivity index (χ1n) is 9.42. The van der Waals surface area contributed by atoms with Crippen LogP contribution >= 0.6 is 0 Å². The zero-order chi connectivity index (χ0) is 16.9. The summed E-state index contributed by atoms with van der Waals surface area (Å²) in [6, 6.07) is 0. The zero-order valence-electron chi connectivity index (χ0n) is 14.8. The second-order valence-electron chi connectivity index (χ2n) is 8.07. The highest BCUT2D eigenvalue weighted by Crippen LogP contribution is 2.63. The third kappa shape index (κ3) is 1.94. The first-order valence-corrected chi connectivity index (χ1v) is 9.42. The van der Waals surface area contributed by atoms with Gasteiger partial charge in [0.1, 0.15) is 5.60 Å². The van der Waals surface area contributed by atoms with E-state index in [0.717, 1.165) is 31.4 Å². The lowest BCUT2D eigenvalue weighted by Crippen LogP contribution is -2.53. The summed E-state index contributed by atoms with van der Waals surface area (Å²) in [5.74, 6) is 6.25. The third-order valence-corrected chi connectivity index (χ3v) is 7.59. The van der Waals surface area contributed by atoms with E-state index in [-0.39, 0.29) is 5.41 Å². The molecule has 0 aliphatic heterocycles. The van der Waals surface area contributed by atoms with Crippen LogP contribution in [0.2, 0.25) is 0 Å². The van der Waals surface area contributed by atoms with Gasteiger partial charge in [0, 0.05) is 11.8 Å². The van der Waals surface area contributed by atoms with Gasteiger partial charge in [-0.05, 0) is 73.5 Å². The average Bonchev–Trinajstić information content (AvgIpc) is 2.94. The molecule has 6 atom stereocenters. The SMILES string of the molecule is C#C[C@]1(O)C=C[C@H]2[C@@H]3CC=C4C=C(OC)CC[C@@H]4[C@H]3CC[C@@]21CC. The molecule has 4 rings (SSSR count). The Balaban J connectivity index is 1.68. The quantitative estimate of drug-likeness (QED) is 0.608. The average molecular weight is 324 g/mol. The maximum atomic E-state index is 11.1. The Morgan fingerprint density at radius 1 is 1.38 bits per heavy atom. The van der Waals surface area contributed by atoms with Gasteiger partial charge in [0.05, 0.1) is 12.9 Å². The molecule has 2 nitrogen and oxygen atoms in total. The molecule has 0 aromatic carbocycles. The second kappa shape index (κ2) is 5.53. The van der Waals surface area contributed by atoms with E-state index in [4.69, 9.17) is 11.2 Å². The number of methoxy groups -OCH3 is 1. The fraction of sp³-hybridized carbons (Fsp3) is 0.636. The molecule has 4 aliphatic carbocycles. The minimum Gasteiger partial charge on any atom is -0.501 e. The van der Waals surface area contributed by atoms with Gasteiger partial charge in [-0.2, -0.15) is 0 Å². The number of aliphatic hydroxyl groups is 1. The molecule has 1 N–H and O–H groups in total. The van der Waals surface area contributed by atoms with Gasteiger partial charge in [-0.1, -0.05) is 25.0 Å². The third-order valence-electron chi connectivity index (χ3n) is 7.59. The summed E-state index contributed by atoms with van der Waals surface area (Å²) in [6.07, 6.45) is 21.1. The van der Waals surface area contributed by atoms with Crippen molar-refractivity contribution in [1.82, 2.24) is 0 Å². The van der Waals surface area contributed by atoms with Crippen LogP contribution in [0.5, 0.6) is 0 Å². The Morgan fingerprint density at radius 3 is 2.92 bits per heavy atom. The van der Waals surface area contributed by atoms with Gasteiger partial charge >= 0.3 is 0 Å². The normalized spacial score (nSPS) is 46.1. The van der Waals surface area contributed by atoms with Crippen LogP contribution in [0.1, 0.15) is 45.4 Å². The number of hydrogen-bond acceptors (Lipinski definition) is 2. The molecule has 0 aromatic rings. The van der Waals surface area contributed by atoms with Crippen LogP contribution in [0.25, 0.3) is 0 Å².